The highest BCUT2D eigenvalue weighted by atomic mass is 35.5. The molecule has 0 atom stereocenters. The molecule has 0 saturated carbocycles. The lowest BCUT2D eigenvalue weighted by Gasteiger charge is -2.31. The van der Waals surface area contributed by atoms with Gasteiger partial charge in [-0.2, -0.15) is 13.2 Å². The van der Waals surface area contributed by atoms with E-state index >= 15 is 0 Å². The third-order valence-corrected chi connectivity index (χ3v) is 5.47. The Bertz CT molecular complexity index is 1130. The summed E-state index contributed by atoms with van der Waals surface area (Å²) >= 11 is 6.16. The zero-order valence-electron chi connectivity index (χ0n) is 16.5. The first-order valence-electron chi connectivity index (χ1n) is 9.91. The Morgan fingerprint density at radius 1 is 1.13 bits per heavy atom. The summed E-state index contributed by atoms with van der Waals surface area (Å²) in [5.74, 6) is -0.556. The number of hydrogen-bond donors (Lipinski definition) is 1. The van der Waals surface area contributed by atoms with Gasteiger partial charge in [-0.1, -0.05) is 17.7 Å². The molecule has 0 bridgehead atoms. The quantitative estimate of drug-likeness (QED) is 0.525. The number of halogens is 4. The number of hydrogen-bond acceptors (Lipinski definition) is 3. The van der Waals surface area contributed by atoms with Gasteiger partial charge in [-0.05, 0) is 55.7 Å². The highest BCUT2D eigenvalue weighted by molar-refractivity contribution is 6.31. The summed E-state index contributed by atoms with van der Waals surface area (Å²) in [6.45, 7) is 1.48. The molecule has 1 aliphatic heterocycles. The van der Waals surface area contributed by atoms with Crippen LogP contribution in [0.25, 0.3) is 11.7 Å². The fourth-order valence-corrected chi connectivity index (χ4v) is 3.93. The Morgan fingerprint density at radius 2 is 1.90 bits per heavy atom. The number of benzene rings is 1. The van der Waals surface area contributed by atoms with E-state index in [-0.39, 0.29) is 10.8 Å². The van der Waals surface area contributed by atoms with Crippen LogP contribution in [0, 0.1) is 0 Å². The number of anilines is 2. The highest BCUT2D eigenvalue weighted by Gasteiger charge is 2.31. The molecule has 0 spiro atoms. The van der Waals surface area contributed by atoms with E-state index in [9.17, 15) is 18.0 Å². The number of carbonyl (C=O) groups is 1. The van der Waals surface area contributed by atoms with E-state index in [1.165, 1.54) is 18.2 Å². The lowest BCUT2D eigenvalue weighted by Crippen LogP contribution is -2.30. The lowest BCUT2D eigenvalue weighted by atomic mass is 10.1. The number of pyridine rings is 1. The Labute approximate surface area is 182 Å². The van der Waals surface area contributed by atoms with Crippen LogP contribution in [0.5, 0.6) is 0 Å². The topological polar surface area (TPSA) is 49.6 Å². The van der Waals surface area contributed by atoms with Crippen LogP contribution in [-0.4, -0.2) is 28.4 Å². The van der Waals surface area contributed by atoms with Crippen LogP contribution in [0.3, 0.4) is 0 Å². The van der Waals surface area contributed by atoms with Crippen molar-refractivity contribution in [3.63, 3.8) is 0 Å². The number of amides is 1. The van der Waals surface area contributed by atoms with Crippen LogP contribution in [0.1, 0.15) is 30.5 Å². The van der Waals surface area contributed by atoms with Crippen LogP contribution >= 0.6 is 11.6 Å². The number of imidazole rings is 1. The number of aromatic nitrogens is 2. The summed E-state index contributed by atoms with van der Waals surface area (Å²) in [7, 11) is 0. The molecule has 0 unspecified atom stereocenters. The van der Waals surface area contributed by atoms with Crippen LogP contribution in [0.4, 0.5) is 24.5 Å². The number of fused-ring (bicyclic) bond motifs is 1. The number of rotatable bonds is 4. The highest BCUT2D eigenvalue weighted by Crippen LogP contribution is 2.36. The van der Waals surface area contributed by atoms with Crippen molar-refractivity contribution in [1.82, 2.24) is 9.38 Å². The largest absolute Gasteiger partial charge is 0.416 e. The predicted molar refractivity (Wildman–Crippen MR) is 115 cm³/mol. The SMILES string of the molecule is O=C(/C=C/c1c(Cl)nc2ccccn12)Nc1cc(C(F)(F)F)ccc1N1CCCCC1. The van der Waals surface area contributed by atoms with E-state index < -0.39 is 17.6 Å². The molecular weight excluding hydrogens is 429 g/mol. The molecule has 4 rings (SSSR count). The van der Waals surface area contributed by atoms with Gasteiger partial charge in [0.2, 0.25) is 5.91 Å². The maximum absolute atomic E-state index is 13.2. The first-order chi connectivity index (χ1) is 14.8. The Kier molecular flexibility index (Phi) is 5.91. The van der Waals surface area contributed by atoms with Gasteiger partial charge in [0.1, 0.15) is 5.65 Å². The monoisotopic (exact) mass is 448 g/mol. The minimum Gasteiger partial charge on any atom is -0.370 e. The molecule has 1 saturated heterocycles. The number of nitrogens with one attached hydrogen (secondary N) is 1. The summed E-state index contributed by atoms with van der Waals surface area (Å²) in [5.41, 5.74) is 1.04. The van der Waals surface area contributed by atoms with Crippen LogP contribution in [0.15, 0.2) is 48.7 Å². The van der Waals surface area contributed by atoms with Gasteiger partial charge in [-0.25, -0.2) is 4.98 Å². The molecule has 9 heteroatoms. The third-order valence-electron chi connectivity index (χ3n) is 5.19. The summed E-state index contributed by atoms with van der Waals surface area (Å²) in [5, 5.41) is 2.84. The average molecular weight is 449 g/mol. The first kappa shape index (κ1) is 21.2. The zero-order valence-corrected chi connectivity index (χ0v) is 17.2. The smallest absolute Gasteiger partial charge is 0.370 e. The second-order valence-corrected chi connectivity index (χ2v) is 7.67. The molecule has 3 aromatic rings. The van der Waals surface area contributed by atoms with Crippen molar-refractivity contribution in [1.29, 1.82) is 0 Å². The second-order valence-electron chi connectivity index (χ2n) is 7.32. The van der Waals surface area contributed by atoms with E-state index in [1.807, 2.05) is 11.0 Å². The number of piperidine rings is 1. The van der Waals surface area contributed by atoms with E-state index in [2.05, 4.69) is 10.3 Å². The van der Waals surface area contributed by atoms with Crippen molar-refractivity contribution >= 4 is 40.6 Å². The number of nitrogens with zero attached hydrogens (tertiary/aromatic N) is 3. The fraction of sp³-hybridized carbons (Fsp3) is 0.273. The number of alkyl halides is 3. The van der Waals surface area contributed by atoms with Gasteiger partial charge < -0.3 is 10.2 Å². The van der Waals surface area contributed by atoms with Crippen molar-refractivity contribution in [2.75, 3.05) is 23.3 Å². The summed E-state index contributed by atoms with van der Waals surface area (Å²) < 4.78 is 41.4. The summed E-state index contributed by atoms with van der Waals surface area (Å²) in [6.07, 6.45) is 2.99. The molecule has 1 amide bonds. The molecule has 162 valence electrons. The normalized spacial score (nSPS) is 15.0. The van der Waals surface area contributed by atoms with Crippen LogP contribution < -0.4 is 10.2 Å². The van der Waals surface area contributed by atoms with Crippen molar-refractivity contribution in [3.8, 4) is 0 Å². The van der Waals surface area contributed by atoms with Gasteiger partial charge >= 0.3 is 6.18 Å². The number of carbonyl (C=O) groups excluding carboxylic acids is 1. The minimum atomic E-state index is -4.50. The van der Waals surface area contributed by atoms with E-state index in [0.29, 0.717) is 17.0 Å². The van der Waals surface area contributed by atoms with E-state index in [4.69, 9.17) is 11.6 Å². The first-order valence-corrected chi connectivity index (χ1v) is 10.3. The Balaban J connectivity index is 1.61. The van der Waals surface area contributed by atoms with Crippen molar-refractivity contribution in [2.45, 2.75) is 25.4 Å². The van der Waals surface area contributed by atoms with Gasteiger partial charge in [0.25, 0.3) is 0 Å². The molecule has 2 aromatic heterocycles. The van der Waals surface area contributed by atoms with Crippen molar-refractivity contribution in [2.24, 2.45) is 0 Å². The molecular formula is C22H20ClF3N4O. The van der Waals surface area contributed by atoms with Gasteiger partial charge in [0, 0.05) is 25.4 Å². The summed E-state index contributed by atoms with van der Waals surface area (Å²) in [4.78, 5) is 18.8. The third kappa shape index (κ3) is 4.69. The van der Waals surface area contributed by atoms with E-state index in [0.717, 1.165) is 44.5 Å². The maximum Gasteiger partial charge on any atom is 0.416 e. The van der Waals surface area contributed by atoms with Crippen LogP contribution in [0.2, 0.25) is 5.15 Å². The molecule has 31 heavy (non-hydrogen) atoms. The zero-order chi connectivity index (χ0) is 22.0. The second kappa shape index (κ2) is 8.63. The molecule has 1 aliphatic rings. The van der Waals surface area contributed by atoms with Crippen molar-refractivity contribution in [3.05, 3.63) is 65.1 Å². The fourth-order valence-electron chi connectivity index (χ4n) is 3.69. The standard InChI is InChI=1S/C22H20ClF3N4O/c23-21-18(30-13-5-2-6-19(30)28-21)9-10-20(31)27-16-14-15(22(24,25)26)7-8-17(16)29-11-3-1-4-12-29/h2,5-10,13-14H,1,3-4,11-12H2,(H,27,31)/b10-9+. The predicted octanol–water partition coefficient (Wildman–Crippen LogP) is 5.65. The molecule has 0 radical (unpaired) electrons. The molecule has 5 nitrogen and oxygen atoms in total. The van der Waals surface area contributed by atoms with E-state index in [1.54, 1.807) is 22.7 Å². The van der Waals surface area contributed by atoms with Crippen LogP contribution in [-0.2, 0) is 11.0 Å². The molecule has 1 aromatic carbocycles. The molecule has 1 N–H and O–H groups in total. The molecule has 1 fully saturated rings. The maximum atomic E-state index is 13.2. The van der Waals surface area contributed by atoms with Gasteiger partial charge in [0.15, 0.2) is 5.15 Å². The molecule has 3 heterocycles. The van der Waals surface area contributed by atoms with Gasteiger partial charge in [0.05, 0.1) is 22.6 Å². The van der Waals surface area contributed by atoms with Gasteiger partial charge in [-0.15, -0.1) is 0 Å². The average Bonchev–Trinajstić information content (AvgIpc) is 3.07. The van der Waals surface area contributed by atoms with Crippen molar-refractivity contribution < 1.29 is 18.0 Å². The Hall–Kier alpha value is -3.00. The van der Waals surface area contributed by atoms with Gasteiger partial charge in [-0.3, -0.25) is 9.20 Å². The minimum absolute atomic E-state index is 0.135. The molecule has 0 aliphatic carbocycles. The summed E-state index contributed by atoms with van der Waals surface area (Å²) in [6, 6.07) is 8.85. The Morgan fingerprint density at radius 3 is 2.65 bits per heavy atom. The lowest BCUT2D eigenvalue weighted by molar-refractivity contribution is -0.137.